The summed E-state index contributed by atoms with van der Waals surface area (Å²) in [6.45, 7) is 1.11. The van der Waals surface area contributed by atoms with Gasteiger partial charge in [-0.15, -0.1) is 0 Å². The first-order chi connectivity index (χ1) is 13.8. The third kappa shape index (κ3) is 4.20. The molecule has 0 atom stereocenters. The van der Waals surface area contributed by atoms with Crippen LogP contribution in [0.4, 0.5) is 0 Å². The molecular formula is C23H21N3O2. The minimum absolute atomic E-state index is 0.0185. The smallest absolute Gasteiger partial charge is 0.258 e. The summed E-state index contributed by atoms with van der Waals surface area (Å²) < 4.78 is 7.62. The van der Waals surface area contributed by atoms with Crippen molar-refractivity contribution in [2.24, 2.45) is 0 Å². The Hall–Kier alpha value is -3.60. The largest absolute Gasteiger partial charge is 0.483 e. The number of hydrogen-bond donors (Lipinski definition) is 1. The Labute approximate surface area is 163 Å². The highest BCUT2D eigenvalue weighted by Gasteiger charge is 2.08. The second-order valence-corrected chi connectivity index (χ2v) is 6.52. The highest BCUT2D eigenvalue weighted by molar-refractivity contribution is 5.88. The number of hydrogen-bond acceptors (Lipinski definition) is 3. The van der Waals surface area contributed by atoms with Crippen LogP contribution in [0.5, 0.6) is 5.75 Å². The molecule has 0 radical (unpaired) electrons. The van der Waals surface area contributed by atoms with E-state index >= 15 is 0 Å². The van der Waals surface area contributed by atoms with E-state index in [-0.39, 0.29) is 12.5 Å². The van der Waals surface area contributed by atoms with Crippen LogP contribution in [-0.4, -0.2) is 22.3 Å². The third-order valence-electron chi connectivity index (χ3n) is 4.59. The molecule has 1 amide bonds. The highest BCUT2D eigenvalue weighted by Crippen LogP contribution is 2.24. The predicted octanol–water partition coefficient (Wildman–Crippen LogP) is 3.78. The number of carbonyl (C=O) groups is 1. The van der Waals surface area contributed by atoms with Crippen LogP contribution < -0.4 is 10.1 Å². The first kappa shape index (κ1) is 17.8. The lowest BCUT2D eigenvalue weighted by Crippen LogP contribution is -2.28. The Kier molecular flexibility index (Phi) is 5.33. The van der Waals surface area contributed by atoms with Crippen LogP contribution in [0.1, 0.15) is 11.1 Å². The van der Waals surface area contributed by atoms with Crippen molar-refractivity contribution >= 4 is 16.7 Å². The van der Waals surface area contributed by atoms with Gasteiger partial charge >= 0.3 is 0 Å². The molecule has 1 heterocycles. The van der Waals surface area contributed by atoms with Gasteiger partial charge in [0.15, 0.2) is 6.61 Å². The molecule has 3 aromatic carbocycles. The van der Waals surface area contributed by atoms with Crippen LogP contribution in [0.15, 0.2) is 85.2 Å². The molecule has 1 aromatic heterocycles. The molecule has 4 rings (SSSR count). The van der Waals surface area contributed by atoms with E-state index in [9.17, 15) is 4.79 Å². The molecule has 5 heteroatoms. The highest BCUT2D eigenvalue weighted by atomic mass is 16.5. The lowest BCUT2D eigenvalue weighted by atomic mass is 10.1. The number of ether oxygens (including phenoxy) is 1. The van der Waals surface area contributed by atoms with Crippen molar-refractivity contribution in [1.29, 1.82) is 0 Å². The Bertz CT molecular complexity index is 1070. The molecule has 0 saturated carbocycles. The minimum Gasteiger partial charge on any atom is -0.483 e. The van der Waals surface area contributed by atoms with Gasteiger partial charge in [-0.2, -0.15) is 5.10 Å². The number of nitrogens with one attached hydrogen (secondary N) is 1. The molecule has 0 aliphatic heterocycles. The lowest BCUT2D eigenvalue weighted by molar-refractivity contribution is -0.123. The van der Waals surface area contributed by atoms with E-state index in [2.05, 4.69) is 16.5 Å². The summed E-state index contributed by atoms with van der Waals surface area (Å²) in [4.78, 5) is 12.3. The number of benzene rings is 3. The van der Waals surface area contributed by atoms with Crippen molar-refractivity contribution in [1.82, 2.24) is 15.1 Å². The zero-order valence-electron chi connectivity index (χ0n) is 15.4. The van der Waals surface area contributed by atoms with Crippen LogP contribution in [0, 0.1) is 0 Å². The molecule has 0 bridgehead atoms. The normalized spacial score (nSPS) is 10.7. The van der Waals surface area contributed by atoms with Crippen LogP contribution in [0.25, 0.3) is 10.8 Å². The van der Waals surface area contributed by atoms with Gasteiger partial charge in [0.25, 0.3) is 5.91 Å². The van der Waals surface area contributed by atoms with Gasteiger partial charge in [0.05, 0.1) is 6.54 Å². The summed E-state index contributed by atoms with van der Waals surface area (Å²) in [5, 5.41) is 9.28. The molecule has 0 unspecified atom stereocenters. The molecule has 1 N–H and O–H groups in total. The standard InChI is InChI=1S/C23H21N3O2/c27-23(17-28-22-12-5-10-18-7-3-4-11-21(18)22)24-15-19-8-1-2-9-20(19)16-26-14-6-13-25-26/h1-14H,15-17H2,(H,24,27). The molecule has 5 nitrogen and oxygen atoms in total. The van der Waals surface area contributed by atoms with Crippen LogP contribution in [0.2, 0.25) is 0 Å². The first-order valence-electron chi connectivity index (χ1n) is 9.21. The molecule has 0 spiro atoms. The van der Waals surface area contributed by atoms with Crippen molar-refractivity contribution in [3.63, 3.8) is 0 Å². The zero-order chi connectivity index (χ0) is 19.2. The quantitative estimate of drug-likeness (QED) is 0.538. The Morgan fingerprint density at radius 3 is 2.57 bits per heavy atom. The van der Waals surface area contributed by atoms with Gasteiger partial charge in [-0.3, -0.25) is 9.48 Å². The number of amides is 1. The lowest BCUT2D eigenvalue weighted by Gasteiger charge is -2.12. The molecule has 4 aromatic rings. The van der Waals surface area contributed by atoms with Gasteiger partial charge in [-0.05, 0) is 28.6 Å². The molecule has 140 valence electrons. The average Bonchev–Trinajstić information content (AvgIpc) is 3.24. The van der Waals surface area contributed by atoms with Crippen LogP contribution in [-0.2, 0) is 17.9 Å². The van der Waals surface area contributed by atoms with E-state index in [1.54, 1.807) is 6.20 Å². The summed E-state index contributed by atoms with van der Waals surface area (Å²) in [6.07, 6.45) is 3.68. The van der Waals surface area contributed by atoms with E-state index in [0.29, 0.717) is 18.8 Å². The van der Waals surface area contributed by atoms with E-state index in [1.807, 2.05) is 77.6 Å². The predicted molar refractivity (Wildman–Crippen MR) is 109 cm³/mol. The molecular weight excluding hydrogens is 350 g/mol. The topological polar surface area (TPSA) is 56.1 Å². The SMILES string of the molecule is O=C(COc1cccc2ccccc12)NCc1ccccc1Cn1cccn1. The van der Waals surface area contributed by atoms with Gasteiger partial charge in [0.1, 0.15) is 5.75 Å². The number of aromatic nitrogens is 2. The maximum absolute atomic E-state index is 12.3. The number of rotatable bonds is 7. The summed E-state index contributed by atoms with van der Waals surface area (Å²) in [5.41, 5.74) is 2.19. The van der Waals surface area contributed by atoms with Gasteiger partial charge in [-0.1, -0.05) is 60.7 Å². The Balaban J connectivity index is 1.36. The van der Waals surface area contributed by atoms with E-state index in [0.717, 1.165) is 21.9 Å². The maximum atomic E-state index is 12.3. The molecule has 28 heavy (non-hydrogen) atoms. The molecule has 0 fully saturated rings. The van der Waals surface area contributed by atoms with E-state index < -0.39 is 0 Å². The van der Waals surface area contributed by atoms with E-state index in [1.165, 1.54) is 0 Å². The fraction of sp³-hybridized carbons (Fsp3) is 0.130. The maximum Gasteiger partial charge on any atom is 0.258 e. The Morgan fingerprint density at radius 2 is 1.71 bits per heavy atom. The summed E-state index contributed by atoms with van der Waals surface area (Å²) in [5.74, 6) is 0.564. The van der Waals surface area contributed by atoms with Crippen molar-refractivity contribution in [2.75, 3.05) is 6.61 Å². The van der Waals surface area contributed by atoms with Crippen LogP contribution >= 0.6 is 0 Å². The summed E-state index contributed by atoms with van der Waals surface area (Å²) in [6, 6.07) is 23.7. The van der Waals surface area contributed by atoms with Gasteiger partial charge < -0.3 is 10.1 Å². The summed E-state index contributed by atoms with van der Waals surface area (Å²) >= 11 is 0. The number of nitrogens with zero attached hydrogens (tertiary/aromatic N) is 2. The van der Waals surface area contributed by atoms with Crippen molar-refractivity contribution in [3.05, 3.63) is 96.3 Å². The number of fused-ring (bicyclic) bond motifs is 1. The minimum atomic E-state index is -0.151. The van der Waals surface area contributed by atoms with E-state index in [4.69, 9.17) is 4.74 Å². The number of carbonyl (C=O) groups excluding carboxylic acids is 1. The fourth-order valence-electron chi connectivity index (χ4n) is 3.16. The second-order valence-electron chi connectivity index (χ2n) is 6.52. The third-order valence-corrected chi connectivity index (χ3v) is 4.59. The Morgan fingerprint density at radius 1 is 0.929 bits per heavy atom. The van der Waals surface area contributed by atoms with Crippen LogP contribution in [0.3, 0.4) is 0 Å². The summed E-state index contributed by atoms with van der Waals surface area (Å²) in [7, 11) is 0. The molecule has 0 aliphatic carbocycles. The van der Waals surface area contributed by atoms with Gasteiger partial charge in [-0.25, -0.2) is 0 Å². The monoisotopic (exact) mass is 371 g/mol. The van der Waals surface area contributed by atoms with Crippen molar-refractivity contribution in [2.45, 2.75) is 13.1 Å². The average molecular weight is 371 g/mol. The van der Waals surface area contributed by atoms with Crippen molar-refractivity contribution in [3.8, 4) is 5.75 Å². The first-order valence-corrected chi connectivity index (χ1v) is 9.21. The molecule has 0 aliphatic rings. The van der Waals surface area contributed by atoms with Gasteiger partial charge in [0.2, 0.25) is 0 Å². The molecule has 0 saturated heterocycles. The van der Waals surface area contributed by atoms with Gasteiger partial charge in [0, 0.05) is 24.3 Å². The fourth-order valence-corrected chi connectivity index (χ4v) is 3.16. The zero-order valence-corrected chi connectivity index (χ0v) is 15.4. The second kappa shape index (κ2) is 8.39. The van der Waals surface area contributed by atoms with Crippen molar-refractivity contribution < 1.29 is 9.53 Å².